The summed E-state index contributed by atoms with van der Waals surface area (Å²) in [5, 5.41) is 0.426. The number of imide groups is 1. The van der Waals surface area contributed by atoms with E-state index < -0.39 is 0 Å². The summed E-state index contributed by atoms with van der Waals surface area (Å²) in [7, 11) is 0. The van der Waals surface area contributed by atoms with Gasteiger partial charge < -0.3 is 4.74 Å². The highest BCUT2D eigenvalue weighted by Crippen LogP contribution is 2.41. The van der Waals surface area contributed by atoms with Crippen molar-refractivity contribution in [3.05, 3.63) is 40.0 Å². The van der Waals surface area contributed by atoms with Crippen LogP contribution in [0.25, 0.3) is 21.5 Å². The van der Waals surface area contributed by atoms with Crippen LogP contribution in [0.15, 0.2) is 24.5 Å². The lowest BCUT2D eigenvalue weighted by atomic mass is 9.97. The van der Waals surface area contributed by atoms with Crippen molar-refractivity contribution in [2.45, 2.75) is 51.7 Å². The molecule has 2 aromatic heterocycles. The second-order valence-corrected chi connectivity index (χ2v) is 10.7. The molecule has 2 aliphatic rings. The van der Waals surface area contributed by atoms with E-state index in [0.717, 1.165) is 62.3 Å². The minimum atomic E-state index is -0.201. The molecule has 3 aromatic rings. The van der Waals surface area contributed by atoms with Crippen molar-refractivity contribution in [2.24, 2.45) is 0 Å². The van der Waals surface area contributed by atoms with Gasteiger partial charge in [-0.25, -0.2) is 9.97 Å². The third-order valence-electron chi connectivity index (χ3n) is 5.85. The number of hydrogen-bond acceptors (Lipinski definition) is 7. The van der Waals surface area contributed by atoms with Gasteiger partial charge >= 0.3 is 0 Å². The molecule has 1 aromatic carbocycles. The smallest absolute Gasteiger partial charge is 0.289 e. The molecule has 0 bridgehead atoms. The Kier molecular flexibility index (Phi) is 6.09. The molecule has 0 N–H and O–H groups in total. The van der Waals surface area contributed by atoms with Gasteiger partial charge in [-0.3, -0.25) is 14.5 Å². The summed E-state index contributed by atoms with van der Waals surface area (Å²) < 4.78 is 7.40. The number of thioether (sulfide) groups is 1. The standard InChI is InChI=1S/C23H22ClN3O3S2/c1-13-7-14(24)8-17(21(13)30-15-5-3-2-4-6-15)20-22-18(25-12-26-20)9-16(32-22)10-27-19(28)11-31-23(27)29/h7-9,12,15H,2-6,10-11H2,1H3. The van der Waals surface area contributed by atoms with Crippen LogP contribution in [0.2, 0.25) is 5.02 Å². The van der Waals surface area contributed by atoms with Crippen LogP contribution in [-0.2, 0) is 11.3 Å². The summed E-state index contributed by atoms with van der Waals surface area (Å²) in [6.45, 7) is 2.26. The Labute approximate surface area is 199 Å². The van der Waals surface area contributed by atoms with Crippen molar-refractivity contribution in [1.29, 1.82) is 0 Å². The zero-order chi connectivity index (χ0) is 22.2. The zero-order valence-electron chi connectivity index (χ0n) is 17.6. The predicted molar refractivity (Wildman–Crippen MR) is 129 cm³/mol. The van der Waals surface area contributed by atoms with Crippen molar-refractivity contribution in [2.75, 3.05) is 5.75 Å². The maximum atomic E-state index is 12.0. The maximum Gasteiger partial charge on any atom is 0.289 e. The fourth-order valence-electron chi connectivity index (χ4n) is 4.28. The van der Waals surface area contributed by atoms with Crippen LogP contribution >= 0.6 is 34.7 Å². The van der Waals surface area contributed by atoms with Crippen LogP contribution < -0.4 is 4.74 Å². The molecule has 0 atom stereocenters. The second-order valence-electron chi connectivity index (χ2n) is 8.16. The molecule has 0 radical (unpaired) electrons. The lowest BCUT2D eigenvalue weighted by molar-refractivity contribution is -0.124. The molecular weight excluding hydrogens is 466 g/mol. The average Bonchev–Trinajstić information content (AvgIpc) is 3.34. The highest BCUT2D eigenvalue weighted by Gasteiger charge is 2.30. The molecule has 9 heteroatoms. The van der Waals surface area contributed by atoms with E-state index >= 15 is 0 Å². The van der Waals surface area contributed by atoms with E-state index in [9.17, 15) is 9.59 Å². The fraction of sp³-hybridized carbons (Fsp3) is 0.391. The number of ether oxygens (including phenoxy) is 1. The van der Waals surface area contributed by atoms with Gasteiger partial charge in [0.1, 0.15) is 12.1 Å². The van der Waals surface area contributed by atoms with E-state index in [0.29, 0.717) is 5.02 Å². The Morgan fingerprint density at radius 2 is 1.97 bits per heavy atom. The summed E-state index contributed by atoms with van der Waals surface area (Å²) in [6.07, 6.45) is 7.48. The highest BCUT2D eigenvalue weighted by molar-refractivity contribution is 8.14. The van der Waals surface area contributed by atoms with Crippen molar-refractivity contribution >= 4 is 56.1 Å². The molecule has 3 heterocycles. The first-order valence-corrected chi connectivity index (χ1v) is 12.9. The molecule has 0 spiro atoms. The Morgan fingerprint density at radius 3 is 2.72 bits per heavy atom. The number of thiophene rings is 1. The Balaban J connectivity index is 1.55. The summed E-state index contributed by atoms with van der Waals surface area (Å²) >= 11 is 8.98. The molecule has 166 valence electrons. The van der Waals surface area contributed by atoms with Crippen LogP contribution in [0.4, 0.5) is 4.79 Å². The summed E-state index contributed by atoms with van der Waals surface area (Å²) in [4.78, 5) is 35.2. The number of rotatable bonds is 5. The van der Waals surface area contributed by atoms with Gasteiger partial charge in [0.15, 0.2) is 0 Å². The predicted octanol–water partition coefficient (Wildman–Crippen LogP) is 6.23. The van der Waals surface area contributed by atoms with Crippen LogP contribution in [-0.4, -0.2) is 37.9 Å². The van der Waals surface area contributed by atoms with Crippen LogP contribution in [0.1, 0.15) is 42.5 Å². The number of halogens is 1. The van der Waals surface area contributed by atoms with E-state index in [1.807, 2.05) is 25.1 Å². The van der Waals surface area contributed by atoms with Crippen molar-refractivity contribution < 1.29 is 14.3 Å². The number of carbonyl (C=O) groups is 2. The van der Waals surface area contributed by atoms with Gasteiger partial charge in [0.2, 0.25) is 5.91 Å². The van der Waals surface area contributed by atoms with Gasteiger partial charge in [0.05, 0.1) is 34.3 Å². The molecule has 6 nitrogen and oxygen atoms in total. The molecule has 2 fully saturated rings. The number of benzene rings is 1. The first-order valence-electron chi connectivity index (χ1n) is 10.7. The van der Waals surface area contributed by atoms with Gasteiger partial charge in [-0.2, -0.15) is 0 Å². The number of fused-ring (bicyclic) bond motifs is 1. The monoisotopic (exact) mass is 487 g/mol. The molecular formula is C23H22ClN3O3S2. The van der Waals surface area contributed by atoms with Crippen LogP contribution in [0, 0.1) is 6.92 Å². The minimum Gasteiger partial charge on any atom is -0.489 e. The molecule has 0 unspecified atom stereocenters. The lowest BCUT2D eigenvalue weighted by Crippen LogP contribution is -2.27. The lowest BCUT2D eigenvalue weighted by Gasteiger charge is -2.25. The van der Waals surface area contributed by atoms with Gasteiger partial charge in [0, 0.05) is 15.5 Å². The second kappa shape index (κ2) is 9.00. The molecule has 32 heavy (non-hydrogen) atoms. The third kappa shape index (κ3) is 4.23. The number of amides is 2. The van der Waals surface area contributed by atoms with Crippen molar-refractivity contribution in [3.8, 4) is 17.0 Å². The van der Waals surface area contributed by atoms with Gasteiger partial charge in [0.25, 0.3) is 5.24 Å². The third-order valence-corrected chi connectivity index (χ3v) is 8.04. The Hall–Kier alpha value is -2.16. The minimum absolute atomic E-state index is 0.155. The van der Waals surface area contributed by atoms with Gasteiger partial charge in [-0.1, -0.05) is 29.8 Å². The first-order chi connectivity index (χ1) is 15.5. The number of nitrogens with zero attached hydrogens (tertiary/aromatic N) is 3. The summed E-state index contributed by atoms with van der Waals surface area (Å²) in [5.41, 5.74) is 3.37. The molecule has 2 amide bonds. The maximum absolute atomic E-state index is 12.0. The highest BCUT2D eigenvalue weighted by atomic mass is 35.5. The first kappa shape index (κ1) is 21.7. The van der Waals surface area contributed by atoms with Gasteiger partial charge in [-0.05, 0) is 56.4 Å². The molecule has 1 aliphatic carbocycles. The topological polar surface area (TPSA) is 72.4 Å². The van der Waals surface area contributed by atoms with E-state index in [4.69, 9.17) is 16.3 Å². The van der Waals surface area contributed by atoms with Gasteiger partial charge in [-0.15, -0.1) is 11.3 Å². The molecule has 1 saturated carbocycles. The fourth-order valence-corrected chi connectivity index (χ4v) is 6.37. The number of carbonyl (C=O) groups excluding carboxylic acids is 2. The average molecular weight is 488 g/mol. The normalized spacial score (nSPS) is 17.5. The Morgan fingerprint density at radius 1 is 1.16 bits per heavy atom. The molecule has 5 rings (SSSR count). The largest absolute Gasteiger partial charge is 0.489 e. The zero-order valence-corrected chi connectivity index (χ0v) is 20.0. The molecule has 1 saturated heterocycles. The number of aryl methyl sites for hydroxylation is 1. The summed E-state index contributed by atoms with van der Waals surface area (Å²) in [5.74, 6) is 0.869. The Bertz CT molecular complexity index is 1190. The van der Waals surface area contributed by atoms with E-state index in [-0.39, 0.29) is 29.5 Å². The van der Waals surface area contributed by atoms with Crippen LogP contribution in [0.5, 0.6) is 5.75 Å². The molecule has 1 aliphatic heterocycles. The van der Waals surface area contributed by atoms with E-state index in [1.165, 1.54) is 41.8 Å². The van der Waals surface area contributed by atoms with E-state index in [2.05, 4.69) is 9.97 Å². The number of hydrogen-bond donors (Lipinski definition) is 0. The SMILES string of the molecule is Cc1cc(Cl)cc(-c2ncnc3cc(CN4C(=O)CSC4=O)sc23)c1OC1CCCCC1. The van der Waals surface area contributed by atoms with Crippen molar-refractivity contribution in [1.82, 2.24) is 14.9 Å². The van der Waals surface area contributed by atoms with Crippen LogP contribution in [0.3, 0.4) is 0 Å². The van der Waals surface area contributed by atoms with E-state index in [1.54, 1.807) is 0 Å². The summed E-state index contributed by atoms with van der Waals surface area (Å²) in [6, 6.07) is 5.75. The number of aromatic nitrogens is 2. The van der Waals surface area contributed by atoms with Crippen molar-refractivity contribution in [3.63, 3.8) is 0 Å². The quantitative estimate of drug-likeness (QED) is 0.425.